The predicted octanol–water partition coefficient (Wildman–Crippen LogP) is 6.51. The highest BCUT2D eigenvalue weighted by Crippen LogP contribution is 2.56. The first-order valence-electron chi connectivity index (χ1n) is 14.9. The zero-order valence-corrected chi connectivity index (χ0v) is 24.9. The first kappa shape index (κ1) is 31.3. The fourth-order valence-electron chi connectivity index (χ4n) is 7.31. The third kappa shape index (κ3) is 6.54. The van der Waals surface area contributed by atoms with Crippen molar-refractivity contribution in [3.63, 3.8) is 0 Å². The molecule has 0 bridgehead atoms. The van der Waals surface area contributed by atoms with E-state index >= 15 is 0 Å². The van der Waals surface area contributed by atoms with E-state index in [4.69, 9.17) is 4.74 Å². The van der Waals surface area contributed by atoms with Gasteiger partial charge in [0.15, 0.2) is 11.6 Å². The summed E-state index contributed by atoms with van der Waals surface area (Å²) in [5.74, 6) is -3.47. The number of aliphatic carboxylic acids is 1. The SMILES string of the molecule is CC(C)(C)C(N1CCC(COc2ccccc2F)(CN(C(=O)C(F)(F)F)[C@@H]2C[C@H]2c2ccccc2)CC1)C1(C(=O)O)CC1. The van der Waals surface area contributed by atoms with Crippen molar-refractivity contribution < 1.29 is 37.0 Å². The minimum Gasteiger partial charge on any atom is -0.490 e. The molecule has 2 aromatic rings. The molecule has 2 aromatic carbocycles. The summed E-state index contributed by atoms with van der Waals surface area (Å²) < 4.78 is 62.4. The molecule has 3 fully saturated rings. The monoisotopic (exact) mass is 604 g/mol. The number of carboxylic acid groups (broad SMARTS) is 1. The van der Waals surface area contributed by atoms with E-state index < -0.39 is 40.7 Å². The summed E-state index contributed by atoms with van der Waals surface area (Å²) in [4.78, 5) is 28.4. The molecule has 1 heterocycles. The van der Waals surface area contributed by atoms with Crippen LogP contribution in [0.25, 0.3) is 0 Å². The molecule has 0 radical (unpaired) electrons. The van der Waals surface area contributed by atoms with Crippen LogP contribution >= 0.6 is 0 Å². The fourth-order valence-corrected chi connectivity index (χ4v) is 7.31. The van der Waals surface area contributed by atoms with Gasteiger partial charge in [-0.05, 0) is 68.3 Å². The molecule has 1 amide bonds. The second-order valence-corrected chi connectivity index (χ2v) is 13.7. The van der Waals surface area contributed by atoms with Crippen molar-refractivity contribution in [2.45, 2.75) is 77.1 Å². The molecule has 3 aliphatic rings. The van der Waals surface area contributed by atoms with Gasteiger partial charge in [0.05, 0.1) is 12.0 Å². The van der Waals surface area contributed by atoms with Crippen LogP contribution in [0.15, 0.2) is 54.6 Å². The normalized spacial score (nSPS) is 23.7. The Morgan fingerprint density at radius 3 is 2.14 bits per heavy atom. The van der Waals surface area contributed by atoms with E-state index in [0.717, 1.165) is 10.5 Å². The summed E-state index contributed by atoms with van der Waals surface area (Å²) >= 11 is 0. The number of carbonyl (C=O) groups excluding carboxylic acids is 1. The Morgan fingerprint density at radius 1 is 1.00 bits per heavy atom. The van der Waals surface area contributed by atoms with E-state index in [1.807, 2.05) is 51.1 Å². The highest BCUT2D eigenvalue weighted by Gasteiger charge is 2.62. The number of hydrogen-bond donors (Lipinski definition) is 1. The standard InChI is InChI=1S/C33H40F4N2O4/c1-30(2,3)27(32(13-14-32)29(41)42)38-17-15-31(16-18-38,21-43-26-12-8-7-11-24(26)34)20-39(28(40)33(35,36)37)25-19-23(25)22-9-5-4-6-10-22/h4-12,23,25,27H,13-21H2,1-3H3,(H,41,42)/t23-,25+,27?/m0/s1. The van der Waals surface area contributed by atoms with Crippen molar-refractivity contribution in [1.82, 2.24) is 9.80 Å². The number of halogens is 4. The molecule has 5 rings (SSSR count). The van der Waals surface area contributed by atoms with Gasteiger partial charge in [0, 0.05) is 30.0 Å². The van der Waals surface area contributed by atoms with Crippen LogP contribution in [0, 0.1) is 22.1 Å². The van der Waals surface area contributed by atoms with E-state index in [1.54, 1.807) is 6.07 Å². The average Bonchev–Trinajstić information content (AvgIpc) is 3.87. The van der Waals surface area contributed by atoms with Gasteiger partial charge in [0.1, 0.15) is 0 Å². The van der Waals surface area contributed by atoms with Gasteiger partial charge in [0.25, 0.3) is 0 Å². The molecular weight excluding hydrogens is 564 g/mol. The maximum absolute atomic E-state index is 14.5. The summed E-state index contributed by atoms with van der Waals surface area (Å²) in [6.07, 6.45) is -2.72. The topological polar surface area (TPSA) is 70.1 Å². The largest absolute Gasteiger partial charge is 0.490 e. The third-order valence-corrected chi connectivity index (χ3v) is 9.55. The van der Waals surface area contributed by atoms with Gasteiger partial charge in [-0.2, -0.15) is 13.2 Å². The molecule has 43 heavy (non-hydrogen) atoms. The van der Waals surface area contributed by atoms with Crippen LogP contribution in [0.2, 0.25) is 0 Å². The molecular formula is C33H40F4N2O4. The molecule has 2 saturated carbocycles. The fraction of sp³-hybridized carbons (Fsp3) is 0.576. The summed E-state index contributed by atoms with van der Waals surface area (Å²) in [5.41, 5.74) is -1.22. The van der Waals surface area contributed by atoms with Crippen molar-refractivity contribution in [2.24, 2.45) is 16.2 Å². The molecule has 234 valence electrons. The van der Waals surface area contributed by atoms with Crippen LogP contribution in [0.4, 0.5) is 17.6 Å². The number of para-hydroxylation sites is 1. The molecule has 1 unspecified atom stereocenters. The lowest BCUT2D eigenvalue weighted by atomic mass is 9.72. The number of alkyl halides is 3. The summed E-state index contributed by atoms with van der Waals surface area (Å²) in [7, 11) is 0. The highest BCUT2D eigenvalue weighted by molar-refractivity contribution is 5.83. The number of likely N-dealkylation sites (tertiary alicyclic amines) is 1. The molecule has 6 nitrogen and oxygen atoms in total. The van der Waals surface area contributed by atoms with Gasteiger partial charge in [-0.15, -0.1) is 0 Å². The molecule has 1 N–H and O–H groups in total. The zero-order chi connectivity index (χ0) is 31.2. The molecule has 1 saturated heterocycles. The van der Waals surface area contributed by atoms with Gasteiger partial charge < -0.3 is 14.7 Å². The number of carboxylic acids is 1. The van der Waals surface area contributed by atoms with E-state index in [-0.39, 0.29) is 36.3 Å². The van der Waals surface area contributed by atoms with Gasteiger partial charge in [-0.1, -0.05) is 63.2 Å². The number of amides is 1. The van der Waals surface area contributed by atoms with E-state index in [2.05, 4.69) is 4.90 Å². The number of carbonyl (C=O) groups is 2. The maximum atomic E-state index is 14.5. The molecule has 1 aliphatic heterocycles. The minimum atomic E-state index is -5.05. The van der Waals surface area contributed by atoms with Crippen LogP contribution in [-0.4, -0.2) is 71.3 Å². The van der Waals surface area contributed by atoms with Crippen LogP contribution in [0.5, 0.6) is 5.75 Å². The van der Waals surface area contributed by atoms with Crippen molar-refractivity contribution in [1.29, 1.82) is 0 Å². The molecule has 0 aromatic heterocycles. The number of benzene rings is 2. The van der Waals surface area contributed by atoms with Crippen LogP contribution in [0.3, 0.4) is 0 Å². The molecule has 10 heteroatoms. The second kappa shape index (κ2) is 11.4. The lowest BCUT2D eigenvalue weighted by molar-refractivity contribution is -0.188. The number of piperidine rings is 1. The Balaban J connectivity index is 1.43. The first-order valence-corrected chi connectivity index (χ1v) is 14.9. The Morgan fingerprint density at radius 2 is 1.60 bits per heavy atom. The third-order valence-electron chi connectivity index (χ3n) is 9.55. The Labute approximate surface area is 250 Å². The van der Waals surface area contributed by atoms with E-state index in [0.29, 0.717) is 45.2 Å². The summed E-state index contributed by atoms with van der Waals surface area (Å²) in [6, 6.07) is 14.2. The maximum Gasteiger partial charge on any atom is 0.471 e. The minimum absolute atomic E-state index is 0.00182. The second-order valence-electron chi connectivity index (χ2n) is 13.7. The van der Waals surface area contributed by atoms with E-state index in [9.17, 15) is 32.3 Å². The Bertz CT molecular complexity index is 1310. The Kier molecular flexibility index (Phi) is 8.31. The lowest BCUT2D eigenvalue weighted by Gasteiger charge is -2.50. The quantitative estimate of drug-likeness (QED) is 0.313. The predicted molar refractivity (Wildman–Crippen MR) is 153 cm³/mol. The smallest absolute Gasteiger partial charge is 0.471 e. The van der Waals surface area contributed by atoms with Crippen LogP contribution in [-0.2, 0) is 9.59 Å². The van der Waals surface area contributed by atoms with Gasteiger partial charge >= 0.3 is 18.1 Å². The summed E-state index contributed by atoms with van der Waals surface area (Å²) in [6.45, 7) is 6.65. The average molecular weight is 605 g/mol. The van der Waals surface area contributed by atoms with Gasteiger partial charge in [-0.25, -0.2) is 4.39 Å². The van der Waals surface area contributed by atoms with Crippen molar-refractivity contribution in [2.75, 3.05) is 26.2 Å². The summed E-state index contributed by atoms with van der Waals surface area (Å²) in [5, 5.41) is 10.1. The van der Waals surface area contributed by atoms with Crippen molar-refractivity contribution in [3.8, 4) is 5.75 Å². The number of hydrogen-bond acceptors (Lipinski definition) is 4. The van der Waals surface area contributed by atoms with Crippen molar-refractivity contribution in [3.05, 3.63) is 66.0 Å². The van der Waals surface area contributed by atoms with Gasteiger partial charge in [-0.3, -0.25) is 14.5 Å². The molecule has 0 spiro atoms. The van der Waals surface area contributed by atoms with Gasteiger partial charge in [0.2, 0.25) is 0 Å². The van der Waals surface area contributed by atoms with Crippen molar-refractivity contribution >= 4 is 11.9 Å². The molecule has 2 aliphatic carbocycles. The highest BCUT2D eigenvalue weighted by atomic mass is 19.4. The number of ether oxygens (including phenoxy) is 1. The van der Waals surface area contributed by atoms with Crippen LogP contribution < -0.4 is 4.74 Å². The first-order chi connectivity index (χ1) is 20.2. The molecule has 3 atom stereocenters. The Hall–Kier alpha value is -3.14. The lowest BCUT2D eigenvalue weighted by Crippen LogP contribution is -2.59. The zero-order valence-electron chi connectivity index (χ0n) is 24.9. The number of nitrogens with zero attached hydrogens (tertiary/aromatic N) is 2. The van der Waals surface area contributed by atoms with E-state index in [1.165, 1.54) is 18.2 Å². The number of rotatable bonds is 10. The van der Waals surface area contributed by atoms with Crippen LogP contribution in [0.1, 0.15) is 64.4 Å².